The van der Waals surface area contributed by atoms with E-state index < -0.39 is 0 Å². The SMILES string of the molecule is CCCC(=O)NCc1cc(OC)c(OC)cc1C. The molecule has 0 saturated heterocycles. The van der Waals surface area contributed by atoms with Gasteiger partial charge in [0.05, 0.1) is 14.2 Å². The van der Waals surface area contributed by atoms with E-state index >= 15 is 0 Å². The van der Waals surface area contributed by atoms with E-state index in [-0.39, 0.29) is 5.91 Å². The van der Waals surface area contributed by atoms with Crippen LogP contribution in [-0.2, 0) is 11.3 Å². The van der Waals surface area contributed by atoms with Crippen molar-refractivity contribution in [1.29, 1.82) is 0 Å². The molecule has 0 radical (unpaired) electrons. The third kappa shape index (κ3) is 3.65. The first kappa shape index (κ1) is 14.4. The van der Waals surface area contributed by atoms with Crippen molar-refractivity contribution in [1.82, 2.24) is 5.32 Å². The van der Waals surface area contributed by atoms with Crippen LogP contribution in [0.25, 0.3) is 0 Å². The number of amides is 1. The third-order valence-corrected chi connectivity index (χ3v) is 2.80. The monoisotopic (exact) mass is 251 g/mol. The Morgan fingerprint density at radius 1 is 1.22 bits per heavy atom. The van der Waals surface area contributed by atoms with Crippen molar-refractivity contribution >= 4 is 5.91 Å². The van der Waals surface area contributed by atoms with Gasteiger partial charge in [-0.1, -0.05) is 6.92 Å². The fraction of sp³-hybridized carbons (Fsp3) is 0.500. The van der Waals surface area contributed by atoms with Crippen LogP contribution in [0.1, 0.15) is 30.9 Å². The number of carbonyl (C=O) groups excluding carboxylic acids is 1. The van der Waals surface area contributed by atoms with E-state index in [0.717, 1.165) is 17.5 Å². The second kappa shape index (κ2) is 6.89. The molecule has 1 aromatic carbocycles. The highest BCUT2D eigenvalue weighted by atomic mass is 16.5. The molecule has 0 saturated carbocycles. The van der Waals surface area contributed by atoms with E-state index in [4.69, 9.17) is 9.47 Å². The quantitative estimate of drug-likeness (QED) is 0.844. The topological polar surface area (TPSA) is 47.6 Å². The van der Waals surface area contributed by atoms with Gasteiger partial charge in [-0.2, -0.15) is 0 Å². The minimum absolute atomic E-state index is 0.0756. The number of ether oxygens (including phenoxy) is 2. The molecule has 0 aliphatic heterocycles. The van der Waals surface area contributed by atoms with Crippen molar-refractivity contribution in [2.75, 3.05) is 14.2 Å². The van der Waals surface area contributed by atoms with Gasteiger partial charge in [0.25, 0.3) is 0 Å². The van der Waals surface area contributed by atoms with Crippen LogP contribution in [0.15, 0.2) is 12.1 Å². The Kier molecular flexibility index (Phi) is 5.49. The number of nitrogens with one attached hydrogen (secondary N) is 1. The van der Waals surface area contributed by atoms with Crippen LogP contribution in [0.2, 0.25) is 0 Å². The molecule has 100 valence electrons. The number of hydrogen-bond acceptors (Lipinski definition) is 3. The molecule has 1 amide bonds. The first-order chi connectivity index (χ1) is 8.62. The molecule has 0 aliphatic carbocycles. The predicted molar refractivity (Wildman–Crippen MR) is 71.0 cm³/mol. The number of carbonyl (C=O) groups is 1. The summed E-state index contributed by atoms with van der Waals surface area (Å²) >= 11 is 0. The van der Waals surface area contributed by atoms with Gasteiger partial charge in [-0.05, 0) is 36.6 Å². The molecule has 1 rings (SSSR count). The fourth-order valence-corrected chi connectivity index (χ4v) is 1.72. The van der Waals surface area contributed by atoms with E-state index in [1.807, 2.05) is 26.0 Å². The summed E-state index contributed by atoms with van der Waals surface area (Å²) in [5.74, 6) is 1.47. The van der Waals surface area contributed by atoms with E-state index in [9.17, 15) is 4.79 Å². The summed E-state index contributed by atoms with van der Waals surface area (Å²) in [4.78, 5) is 11.4. The summed E-state index contributed by atoms with van der Waals surface area (Å²) in [6.07, 6.45) is 1.42. The lowest BCUT2D eigenvalue weighted by molar-refractivity contribution is -0.121. The molecule has 0 spiro atoms. The van der Waals surface area contributed by atoms with Gasteiger partial charge in [0.1, 0.15) is 0 Å². The average Bonchev–Trinajstić information content (AvgIpc) is 2.37. The molecule has 1 aromatic rings. The molecular formula is C14H21NO3. The summed E-state index contributed by atoms with van der Waals surface area (Å²) in [7, 11) is 3.21. The molecule has 0 atom stereocenters. The highest BCUT2D eigenvalue weighted by molar-refractivity contribution is 5.75. The Bertz CT molecular complexity index is 416. The summed E-state index contributed by atoms with van der Waals surface area (Å²) in [5, 5.41) is 2.89. The van der Waals surface area contributed by atoms with Gasteiger partial charge in [-0.15, -0.1) is 0 Å². The molecule has 0 unspecified atom stereocenters. The first-order valence-corrected chi connectivity index (χ1v) is 6.10. The highest BCUT2D eigenvalue weighted by Crippen LogP contribution is 2.30. The molecule has 0 fully saturated rings. The van der Waals surface area contributed by atoms with Gasteiger partial charge in [-0.3, -0.25) is 4.79 Å². The van der Waals surface area contributed by atoms with E-state index in [1.165, 1.54) is 0 Å². The Hall–Kier alpha value is -1.71. The molecule has 4 heteroatoms. The van der Waals surface area contributed by atoms with Gasteiger partial charge >= 0.3 is 0 Å². The number of benzene rings is 1. The van der Waals surface area contributed by atoms with Crippen LogP contribution >= 0.6 is 0 Å². The lowest BCUT2D eigenvalue weighted by Crippen LogP contribution is -2.22. The smallest absolute Gasteiger partial charge is 0.220 e. The molecule has 0 heterocycles. The zero-order chi connectivity index (χ0) is 13.5. The molecule has 0 aliphatic rings. The van der Waals surface area contributed by atoms with Crippen molar-refractivity contribution < 1.29 is 14.3 Å². The maximum Gasteiger partial charge on any atom is 0.220 e. The number of rotatable bonds is 6. The van der Waals surface area contributed by atoms with Crippen LogP contribution in [-0.4, -0.2) is 20.1 Å². The Balaban J connectivity index is 2.79. The Morgan fingerprint density at radius 2 is 1.83 bits per heavy atom. The van der Waals surface area contributed by atoms with Gasteiger partial charge < -0.3 is 14.8 Å². The minimum atomic E-state index is 0.0756. The van der Waals surface area contributed by atoms with Crippen LogP contribution < -0.4 is 14.8 Å². The molecule has 1 N–H and O–H groups in total. The van der Waals surface area contributed by atoms with Gasteiger partial charge in [0.2, 0.25) is 5.91 Å². The van der Waals surface area contributed by atoms with Gasteiger partial charge in [-0.25, -0.2) is 0 Å². The van der Waals surface area contributed by atoms with Crippen molar-refractivity contribution in [2.24, 2.45) is 0 Å². The maximum atomic E-state index is 11.4. The summed E-state index contributed by atoms with van der Waals surface area (Å²) < 4.78 is 10.5. The van der Waals surface area contributed by atoms with Gasteiger partial charge in [0, 0.05) is 13.0 Å². The van der Waals surface area contributed by atoms with Crippen LogP contribution in [0, 0.1) is 6.92 Å². The van der Waals surface area contributed by atoms with Crippen molar-refractivity contribution in [3.8, 4) is 11.5 Å². The lowest BCUT2D eigenvalue weighted by Gasteiger charge is -2.13. The van der Waals surface area contributed by atoms with Gasteiger partial charge in [0.15, 0.2) is 11.5 Å². The molecule has 0 aromatic heterocycles. The Labute approximate surface area is 108 Å². The van der Waals surface area contributed by atoms with E-state index in [2.05, 4.69) is 5.32 Å². The number of aryl methyl sites for hydroxylation is 1. The van der Waals surface area contributed by atoms with E-state index in [0.29, 0.717) is 24.5 Å². The minimum Gasteiger partial charge on any atom is -0.493 e. The zero-order valence-electron chi connectivity index (χ0n) is 11.5. The molecule has 4 nitrogen and oxygen atoms in total. The second-order valence-electron chi connectivity index (χ2n) is 4.16. The summed E-state index contributed by atoms with van der Waals surface area (Å²) in [6, 6.07) is 3.82. The van der Waals surface area contributed by atoms with Crippen LogP contribution in [0.4, 0.5) is 0 Å². The third-order valence-electron chi connectivity index (χ3n) is 2.80. The summed E-state index contributed by atoms with van der Waals surface area (Å²) in [5.41, 5.74) is 2.11. The van der Waals surface area contributed by atoms with Crippen molar-refractivity contribution in [3.05, 3.63) is 23.3 Å². The van der Waals surface area contributed by atoms with Crippen LogP contribution in [0.3, 0.4) is 0 Å². The fourth-order valence-electron chi connectivity index (χ4n) is 1.72. The maximum absolute atomic E-state index is 11.4. The van der Waals surface area contributed by atoms with E-state index in [1.54, 1.807) is 14.2 Å². The predicted octanol–water partition coefficient (Wildman–Crippen LogP) is 2.43. The first-order valence-electron chi connectivity index (χ1n) is 6.10. The molecule has 0 bridgehead atoms. The van der Waals surface area contributed by atoms with Crippen molar-refractivity contribution in [3.63, 3.8) is 0 Å². The lowest BCUT2D eigenvalue weighted by atomic mass is 10.1. The summed E-state index contributed by atoms with van der Waals surface area (Å²) in [6.45, 7) is 4.50. The van der Waals surface area contributed by atoms with Crippen LogP contribution in [0.5, 0.6) is 11.5 Å². The number of hydrogen-bond donors (Lipinski definition) is 1. The zero-order valence-corrected chi connectivity index (χ0v) is 11.5. The highest BCUT2D eigenvalue weighted by Gasteiger charge is 2.09. The average molecular weight is 251 g/mol. The van der Waals surface area contributed by atoms with Crippen molar-refractivity contribution in [2.45, 2.75) is 33.2 Å². The largest absolute Gasteiger partial charge is 0.493 e. The standard InChI is InChI=1S/C14H21NO3/c1-5-6-14(16)15-9-11-8-13(18-4)12(17-3)7-10(11)2/h7-8H,5-6,9H2,1-4H3,(H,15,16). The number of methoxy groups -OCH3 is 2. The molecular weight excluding hydrogens is 230 g/mol. The second-order valence-corrected chi connectivity index (χ2v) is 4.16. The Morgan fingerprint density at radius 3 is 2.39 bits per heavy atom. The molecule has 18 heavy (non-hydrogen) atoms. The normalized spacial score (nSPS) is 10.0.